The van der Waals surface area contributed by atoms with Crippen molar-refractivity contribution < 1.29 is 14.3 Å². The SMILES string of the molecule is CCOc1ccc2c(N=O)c(-c3ccc(NC(=O)OC(C)C4CC4)cc3)n(C3CCC3)c2c1. The zero-order valence-electron chi connectivity index (χ0n) is 19.0. The van der Waals surface area contributed by atoms with E-state index in [9.17, 15) is 9.70 Å². The number of hydrogen-bond donors (Lipinski definition) is 1. The maximum Gasteiger partial charge on any atom is 0.411 e. The predicted octanol–water partition coefficient (Wildman–Crippen LogP) is 7.18. The van der Waals surface area contributed by atoms with Gasteiger partial charge in [-0.05, 0) is 81.3 Å². The number of hydrogen-bond acceptors (Lipinski definition) is 5. The van der Waals surface area contributed by atoms with Gasteiger partial charge in [-0.15, -0.1) is 4.91 Å². The van der Waals surface area contributed by atoms with Gasteiger partial charge in [0.05, 0.1) is 17.8 Å². The summed E-state index contributed by atoms with van der Waals surface area (Å²) < 4.78 is 13.4. The van der Waals surface area contributed by atoms with Crippen LogP contribution in [0.1, 0.15) is 52.0 Å². The van der Waals surface area contributed by atoms with Crippen LogP contribution >= 0.6 is 0 Å². The van der Waals surface area contributed by atoms with E-state index in [2.05, 4.69) is 15.1 Å². The molecule has 2 aromatic carbocycles. The molecule has 5 rings (SSSR count). The van der Waals surface area contributed by atoms with Gasteiger partial charge in [0.2, 0.25) is 0 Å². The van der Waals surface area contributed by atoms with E-state index < -0.39 is 6.09 Å². The molecule has 1 heterocycles. The zero-order chi connectivity index (χ0) is 22.9. The van der Waals surface area contributed by atoms with Crippen molar-refractivity contribution in [3.8, 4) is 17.0 Å². The molecule has 0 spiro atoms. The van der Waals surface area contributed by atoms with Crippen molar-refractivity contribution in [2.75, 3.05) is 11.9 Å². The summed E-state index contributed by atoms with van der Waals surface area (Å²) in [6.45, 7) is 4.47. The van der Waals surface area contributed by atoms with Gasteiger partial charge >= 0.3 is 6.09 Å². The van der Waals surface area contributed by atoms with Crippen LogP contribution in [0.15, 0.2) is 47.6 Å². The lowest BCUT2D eigenvalue weighted by atomic mass is 9.92. The molecule has 0 aliphatic heterocycles. The Morgan fingerprint density at radius 2 is 1.91 bits per heavy atom. The number of rotatable bonds is 8. The van der Waals surface area contributed by atoms with E-state index in [1.165, 1.54) is 6.42 Å². The lowest BCUT2D eigenvalue weighted by molar-refractivity contribution is 0.108. The van der Waals surface area contributed by atoms with Crippen LogP contribution in [-0.4, -0.2) is 23.4 Å². The molecule has 7 heteroatoms. The normalized spacial score (nSPS) is 16.8. The summed E-state index contributed by atoms with van der Waals surface area (Å²) in [5, 5.41) is 7.07. The molecular weight excluding hydrogens is 418 g/mol. The number of nitrogens with zero attached hydrogens (tertiary/aromatic N) is 2. The highest BCUT2D eigenvalue weighted by molar-refractivity contribution is 6.01. The fourth-order valence-electron chi connectivity index (χ4n) is 4.61. The van der Waals surface area contributed by atoms with Gasteiger partial charge < -0.3 is 14.0 Å². The number of ether oxygens (including phenoxy) is 2. The average molecular weight is 448 g/mol. The van der Waals surface area contributed by atoms with Gasteiger partial charge in [0.15, 0.2) is 0 Å². The minimum absolute atomic E-state index is 0.0646. The summed E-state index contributed by atoms with van der Waals surface area (Å²) in [4.78, 5) is 24.2. The number of aromatic nitrogens is 1. The molecule has 1 aromatic heterocycles. The lowest BCUT2D eigenvalue weighted by Crippen LogP contribution is -2.21. The van der Waals surface area contributed by atoms with E-state index in [1.807, 2.05) is 56.3 Å². The largest absolute Gasteiger partial charge is 0.494 e. The molecule has 2 fully saturated rings. The highest BCUT2D eigenvalue weighted by Gasteiger charge is 2.31. The van der Waals surface area contributed by atoms with Gasteiger partial charge in [0.25, 0.3) is 0 Å². The molecule has 0 bridgehead atoms. The van der Waals surface area contributed by atoms with Crippen molar-refractivity contribution in [2.24, 2.45) is 11.1 Å². The predicted molar refractivity (Wildman–Crippen MR) is 129 cm³/mol. The minimum atomic E-state index is -0.440. The molecule has 7 nitrogen and oxygen atoms in total. The van der Waals surface area contributed by atoms with Gasteiger partial charge in [-0.1, -0.05) is 12.1 Å². The smallest absolute Gasteiger partial charge is 0.411 e. The number of anilines is 1. The molecule has 1 unspecified atom stereocenters. The third-order valence-electron chi connectivity index (χ3n) is 6.77. The summed E-state index contributed by atoms with van der Waals surface area (Å²) in [7, 11) is 0. The number of carbonyl (C=O) groups excluding carboxylic acids is 1. The first-order valence-electron chi connectivity index (χ1n) is 11.8. The highest BCUT2D eigenvalue weighted by Crippen LogP contribution is 2.47. The lowest BCUT2D eigenvalue weighted by Gasteiger charge is -2.30. The Balaban J connectivity index is 1.48. The third kappa shape index (κ3) is 4.19. The Kier molecular flexibility index (Phi) is 5.79. The Bertz CT molecular complexity index is 1180. The van der Waals surface area contributed by atoms with Crippen LogP contribution in [0, 0.1) is 10.8 Å². The molecule has 2 aliphatic carbocycles. The minimum Gasteiger partial charge on any atom is -0.494 e. The van der Waals surface area contributed by atoms with Crippen LogP contribution in [0.2, 0.25) is 0 Å². The first kappa shape index (κ1) is 21.5. The molecule has 0 radical (unpaired) electrons. The Morgan fingerprint density at radius 1 is 1.15 bits per heavy atom. The monoisotopic (exact) mass is 447 g/mol. The van der Waals surface area contributed by atoms with Crippen molar-refractivity contribution in [3.05, 3.63) is 47.4 Å². The Labute approximate surface area is 193 Å². The van der Waals surface area contributed by atoms with E-state index in [0.29, 0.717) is 29.9 Å². The van der Waals surface area contributed by atoms with Crippen LogP contribution < -0.4 is 10.1 Å². The van der Waals surface area contributed by atoms with Crippen molar-refractivity contribution >= 4 is 28.4 Å². The molecule has 2 saturated carbocycles. The second-order valence-electron chi connectivity index (χ2n) is 9.01. The van der Waals surface area contributed by atoms with E-state index in [-0.39, 0.29) is 6.10 Å². The van der Waals surface area contributed by atoms with E-state index in [0.717, 1.165) is 53.6 Å². The zero-order valence-corrected chi connectivity index (χ0v) is 19.0. The second kappa shape index (κ2) is 8.89. The maximum absolute atomic E-state index is 12.2. The van der Waals surface area contributed by atoms with Gasteiger partial charge in [0, 0.05) is 28.7 Å². The van der Waals surface area contributed by atoms with Gasteiger partial charge in [-0.25, -0.2) is 4.79 Å². The fourth-order valence-corrected chi connectivity index (χ4v) is 4.61. The van der Waals surface area contributed by atoms with E-state index in [1.54, 1.807) is 0 Å². The number of nitroso groups, excluding NO2 is 1. The number of benzene rings is 2. The molecule has 2 aliphatic rings. The molecule has 1 atom stereocenters. The average Bonchev–Trinajstić information content (AvgIpc) is 3.57. The van der Waals surface area contributed by atoms with Crippen molar-refractivity contribution in [1.82, 2.24) is 4.57 Å². The number of fused-ring (bicyclic) bond motifs is 1. The molecule has 33 heavy (non-hydrogen) atoms. The Hall–Kier alpha value is -3.35. The van der Waals surface area contributed by atoms with Gasteiger partial charge in [-0.2, -0.15) is 0 Å². The quantitative estimate of drug-likeness (QED) is 0.371. The molecular formula is C26H29N3O4. The number of amides is 1. The summed E-state index contributed by atoms with van der Waals surface area (Å²) >= 11 is 0. The summed E-state index contributed by atoms with van der Waals surface area (Å²) in [5.41, 5.74) is 3.76. The third-order valence-corrected chi connectivity index (χ3v) is 6.77. The number of nitrogens with one attached hydrogen (secondary N) is 1. The first-order valence-corrected chi connectivity index (χ1v) is 11.8. The van der Waals surface area contributed by atoms with Crippen molar-refractivity contribution in [2.45, 2.75) is 58.1 Å². The summed E-state index contributed by atoms with van der Waals surface area (Å²) in [6, 6.07) is 13.6. The highest BCUT2D eigenvalue weighted by atomic mass is 16.6. The summed E-state index contributed by atoms with van der Waals surface area (Å²) in [6.07, 6.45) is 5.05. The molecule has 0 saturated heterocycles. The van der Waals surface area contributed by atoms with Gasteiger partial charge in [0.1, 0.15) is 17.5 Å². The van der Waals surface area contributed by atoms with Crippen LogP contribution in [-0.2, 0) is 4.74 Å². The van der Waals surface area contributed by atoms with E-state index in [4.69, 9.17) is 9.47 Å². The number of carbonyl (C=O) groups is 1. The second-order valence-corrected chi connectivity index (χ2v) is 9.01. The van der Waals surface area contributed by atoms with Crippen LogP contribution in [0.5, 0.6) is 5.75 Å². The Morgan fingerprint density at radius 3 is 2.52 bits per heavy atom. The standard InChI is InChI=1S/C26H29N3O4/c1-3-32-21-13-14-22-23(15-21)29(20-5-4-6-20)25(24(22)28-31)18-9-11-19(12-10-18)27-26(30)33-16(2)17-7-8-17/h9-17,20H,3-8H2,1-2H3,(H,27,30). The fraction of sp³-hybridized carbons (Fsp3) is 0.423. The van der Waals surface area contributed by atoms with Gasteiger partial charge in [-0.3, -0.25) is 5.32 Å². The van der Waals surface area contributed by atoms with Crippen molar-refractivity contribution in [1.29, 1.82) is 0 Å². The topological polar surface area (TPSA) is 81.9 Å². The maximum atomic E-state index is 12.2. The molecule has 172 valence electrons. The molecule has 3 aromatic rings. The van der Waals surface area contributed by atoms with Crippen LogP contribution in [0.4, 0.5) is 16.2 Å². The molecule has 1 N–H and O–H groups in total. The van der Waals surface area contributed by atoms with Crippen molar-refractivity contribution in [3.63, 3.8) is 0 Å². The first-order chi connectivity index (χ1) is 16.1. The molecule has 1 amide bonds. The summed E-state index contributed by atoms with van der Waals surface area (Å²) in [5.74, 6) is 1.27. The van der Waals surface area contributed by atoms with E-state index >= 15 is 0 Å². The van der Waals surface area contributed by atoms with Crippen LogP contribution in [0.3, 0.4) is 0 Å². The van der Waals surface area contributed by atoms with Crippen LogP contribution in [0.25, 0.3) is 22.2 Å².